The number of ether oxygens (including phenoxy) is 1. The van der Waals surface area contributed by atoms with Gasteiger partial charge in [-0.05, 0) is 61.3 Å². The van der Waals surface area contributed by atoms with Gasteiger partial charge in [0, 0.05) is 10.0 Å². The molecule has 0 aliphatic heterocycles. The molecule has 2 rings (SSSR count). The normalized spacial score (nSPS) is 31.2. The van der Waals surface area contributed by atoms with Crippen molar-refractivity contribution < 1.29 is 4.74 Å². The average molecular weight is 326 g/mol. The second kappa shape index (κ2) is 5.84. The van der Waals surface area contributed by atoms with Crippen LogP contribution in [-0.2, 0) is 6.42 Å². The van der Waals surface area contributed by atoms with Crippen LogP contribution in [0, 0.1) is 11.8 Å². The van der Waals surface area contributed by atoms with Crippen LogP contribution in [0.2, 0.25) is 0 Å². The lowest BCUT2D eigenvalue weighted by Gasteiger charge is -2.40. The van der Waals surface area contributed by atoms with E-state index in [1.807, 2.05) is 12.1 Å². The average Bonchev–Trinajstić information content (AvgIpc) is 2.35. The molecule has 1 aromatic carbocycles. The van der Waals surface area contributed by atoms with Gasteiger partial charge in [0.1, 0.15) is 5.75 Å². The van der Waals surface area contributed by atoms with Crippen LogP contribution in [0.15, 0.2) is 22.7 Å². The molecule has 0 saturated heterocycles. The number of halogens is 1. The van der Waals surface area contributed by atoms with Crippen LogP contribution in [0.5, 0.6) is 5.75 Å². The van der Waals surface area contributed by atoms with Crippen molar-refractivity contribution in [3.8, 4) is 5.75 Å². The summed E-state index contributed by atoms with van der Waals surface area (Å²) in [6.07, 6.45) is 4.33. The first-order valence-corrected chi connectivity index (χ1v) is 7.84. The maximum atomic E-state index is 6.65. The topological polar surface area (TPSA) is 35.2 Å². The van der Waals surface area contributed by atoms with Crippen LogP contribution < -0.4 is 10.5 Å². The Morgan fingerprint density at radius 1 is 1.37 bits per heavy atom. The molecule has 2 N–H and O–H groups in total. The van der Waals surface area contributed by atoms with Crippen LogP contribution in [0.3, 0.4) is 0 Å². The van der Waals surface area contributed by atoms with Crippen molar-refractivity contribution in [2.45, 2.75) is 45.1 Å². The fourth-order valence-electron chi connectivity index (χ4n) is 3.17. The highest BCUT2D eigenvalue weighted by atomic mass is 79.9. The summed E-state index contributed by atoms with van der Waals surface area (Å²) in [7, 11) is 1.72. The molecule has 19 heavy (non-hydrogen) atoms. The van der Waals surface area contributed by atoms with E-state index in [1.54, 1.807) is 7.11 Å². The molecular formula is C16H24BrNO. The monoisotopic (exact) mass is 325 g/mol. The Hall–Kier alpha value is -0.540. The molecule has 3 unspecified atom stereocenters. The van der Waals surface area contributed by atoms with E-state index in [0.717, 1.165) is 35.4 Å². The van der Waals surface area contributed by atoms with Crippen molar-refractivity contribution in [2.75, 3.05) is 7.11 Å². The van der Waals surface area contributed by atoms with Crippen molar-refractivity contribution in [1.29, 1.82) is 0 Å². The second-order valence-corrected chi connectivity index (χ2v) is 7.11. The highest BCUT2D eigenvalue weighted by Gasteiger charge is 2.35. The van der Waals surface area contributed by atoms with E-state index in [1.165, 1.54) is 12.0 Å². The van der Waals surface area contributed by atoms with Gasteiger partial charge in [-0.2, -0.15) is 0 Å². The zero-order chi connectivity index (χ0) is 14.0. The van der Waals surface area contributed by atoms with Gasteiger partial charge in [-0.15, -0.1) is 0 Å². The smallest absolute Gasteiger partial charge is 0.122 e. The van der Waals surface area contributed by atoms with Gasteiger partial charge in [0.15, 0.2) is 0 Å². The van der Waals surface area contributed by atoms with Gasteiger partial charge < -0.3 is 10.5 Å². The van der Waals surface area contributed by atoms with Gasteiger partial charge in [0.05, 0.1) is 7.11 Å². The van der Waals surface area contributed by atoms with E-state index in [2.05, 4.69) is 35.8 Å². The molecular weight excluding hydrogens is 302 g/mol. The molecule has 1 aromatic rings. The van der Waals surface area contributed by atoms with E-state index >= 15 is 0 Å². The Bertz CT molecular complexity index is 448. The fraction of sp³-hybridized carbons (Fsp3) is 0.625. The standard InChI is InChI=1S/C16H24BrNO/c1-11-6-7-16(18,9-12(11)2)10-13-8-14(17)4-5-15(13)19-3/h4-5,8,11-12H,6-7,9-10,18H2,1-3H3. The van der Waals surface area contributed by atoms with Crippen molar-refractivity contribution in [3.63, 3.8) is 0 Å². The third-order valence-corrected chi connectivity index (χ3v) is 5.08. The third kappa shape index (κ3) is 3.51. The number of benzene rings is 1. The van der Waals surface area contributed by atoms with Crippen molar-refractivity contribution >= 4 is 15.9 Å². The van der Waals surface area contributed by atoms with Crippen molar-refractivity contribution in [3.05, 3.63) is 28.2 Å². The van der Waals surface area contributed by atoms with Crippen LogP contribution >= 0.6 is 15.9 Å². The molecule has 0 spiro atoms. The first-order chi connectivity index (χ1) is 8.93. The molecule has 1 saturated carbocycles. The molecule has 0 heterocycles. The van der Waals surface area contributed by atoms with Gasteiger partial charge in [-0.1, -0.05) is 29.8 Å². The van der Waals surface area contributed by atoms with Crippen LogP contribution in [0.4, 0.5) is 0 Å². The van der Waals surface area contributed by atoms with E-state index in [9.17, 15) is 0 Å². The van der Waals surface area contributed by atoms with Crippen molar-refractivity contribution in [2.24, 2.45) is 17.6 Å². The summed E-state index contributed by atoms with van der Waals surface area (Å²) in [6, 6.07) is 6.16. The Kier molecular flexibility index (Phi) is 4.57. The lowest BCUT2D eigenvalue weighted by molar-refractivity contribution is 0.175. The Labute approximate surface area is 124 Å². The minimum Gasteiger partial charge on any atom is -0.496 e. The molecule has 3 heteroatoms. The van der Waals surface area contributed by atoms with Gasteiger partial charge in [0.25, 0.3) is 0 Å². The Morgan fingerprint density at radius 3 is 2.74 bits per heavy atom. The minimum absolute atomic E-state index is 0.0833. The molecule has 1 aliphatic carbocycles. The van der Waals surface area contributed by atoms with E-state index < -0.39 is 0 Å². The first kappa shape index (κ1) is 14.9. The first-order valence-electron chi connectivity index (χ1n) is 7.05. The van der Waals surface area contributed by atoms with Gasteiger partial charge in [-0.3, -0.25) is 0 Å². The zero-order valence-corrected chi connectivity index (χ0v) is 13.7. The summed E-state index contributed by atoms with van der Waals surface area (Å²) < 4.78 is 6.55. The summed E-state index contributed by atoms with van der Waals surface area (Å²) in [5.74, 6) is 2.44. The fourth-order valence-corrected chi connectivity index (χ4v) is 3.58. The summed E-state index contributed by atoms with van der Waals surface area (Å²) in [6.45, 7) is 4.66. The molecule has 0 radical (unpaired) electrons. The largest absolute Gasteiger partial charge is 0.496 e. The Morgan fingerprint density at radius 2 is 2.11 bits per heavy atom. The predicted molar refractivity (Wildman–Crippen MR) is 83.5 cm³/mol. The second-order valence-electron chi connectivity index (χ2n) is 6.19. The third-order valence-electron chi connectivity index (χ3n) is 4.58. The summed E-state index contributed by atoms with van der Waals surface area (Å²) >= 11 is 3.53. The van der Waals surface area contributed by atoms with Crippen molar-refractivity contribution in [1.82, 2.24) is 0 Å². The molecule has 0 aromatic heterocycles. The highest BCUT2D eigenvalue weighted by Crippen LogP contribution is 2.38. The number of hydrogen-bond acceptors (Lipinski definition) is 2. The number of nitrogens with two attached hydrogens (primary N) is 1. The minimum atomic E-state index is -0.0833. The molecule has 0 bridgehead atoms. The van der Waals surface area contributed by atoms with Gasteiger partial charge in [0.2, 0.25) is 0 Å². The quantitative estimate of drug-likeness (QED) is 0.905. The van der Waals surface area contributed by atoms with E-state index in [0.29, 0.717) is 5.92 Å². The zero-order valence-electron chi connectivity index (χ0n) is 12.1. The maximum Gasteiger partial charge on any atom is 0.122 e. The predicted octanol–water partition coefficient (Wildman–Crippen LogP) is 4.15. The SMILES string of the molecule is COc1ccc(Br)cc1CC1(N)CCC(C)C(C)C1. The van der Waals surface area contributed by atoms with Crippen LogP contribution in [0.1, 0.15) is 38.7 Å². The molecule has 2 nitrogen and oxygen atoms in total. The number of methoxy groups -OCH3 is 1. The summed E-state index contributed by atoms with van der Waals surface area (Å²) in [4.78, 5) is 0. The molecule has 1 fully saturated rings. The summed E-state index contributed by atoms with van der Waals surface area (Å²) in [5, 5.41) is 0. The molecule has 106 valence electrons. The van der Waals surface area contributed by atoms with Gasteiger partial charge >= 0.3 is 0 Å². The van der Waals surface area contributed by atoms with Gasteiger partial charge in [-0.25, -0.2) is 0 Å². The van der Waals surface area contributed by atoms with E-state index in [4.69, 9.17) is 10.5 Å². The maximum absolute atomic E-state index is 6.65. The summed E-state index contributed by atoms with van der Waals surface area (Å²) in [5.41, 5.74) is 7.77. The molecule has 0 amide bonds. The molecule has 1 aliphatic rings. The lowest BCUT2D eigenvalue weighted by atomic mass is 9.69. The highest BCUT2D eigenvalue weighted by molar-refractivity contribution is 9.10. The Balaban J connectivity index is 2.18. The number of hydrogen-bond donors (Lipinski definition) is 1. The van der Waals surface area contributed by atoms with E-state index in [-0.39, 0.29) is 5.54 Å². The number of rotatable bonds is 3. The lowest BCUT2D eigenvalue weighted by Crippen LogP contribution is -2.47. The van der Waals surface area contributed by atoms with Crippen LogP contribution in [-0.4, -0.2) is 12.6 Å². The van der Waals surface area contributed by atoms with Crippen LogP contribution in [0.25, 0.3) is 0 Å². The molecule has 3 atom stereocenters.